The van der Waals surface area contributed by atoms with E-state index in [0.717, 1.165) is 19.5 Å². The molecule has 0 spiro atoms. The van der Waals surface area contributed by atoms with Gasteiger partial charge in [-0.25, -0.2) is 0 Å². The van der Waals surface area contributed by atoms with E-state index in [1.165, 1.54) is 30.4 Å². The molecule has 1 unspecified atom stereocenters. The highest BCUT2D eigenvalue weighted by Crippen LogP contribution is 2.31. The molecule has 1 aliphatic rings. The predicted molar refractivity (Wildman–Crippen MR) is 76.5 cm³/mol. The molecule has 0 amide bonds. The molecule has 1 aromatic carbocycles. The van der Waals surface area contributed by atoms with Crippen LogP contribution in [0.3, 0.4) is 0 Å². The summed E-state index contributed by atoms with van der Waals surface area (Å²) in [5, 5.41) is 8.99. The fourth-order valence-corrected chi connectivity index (χ4v) is 3.10. The van der Waals surface area contributed by atoms with Gasteiger partial charge in [-0.15, -0.1) is 0 Å². The summed E-state index contributed by atoms with van der Waals surface area (Å²) < 4.78 is 0. The predicted octanol–water partition coefficient (Wildman–Crippen LogP) is 2.90. The molecule has 0 saturated heterocycles. The van der Waals surface area contributed by atoms with Crippen LogP contribution in [0.2, 0.25) is 0 Å². The van der Waals surface area contributed by atoms with E-state index in [-0.39, 0.29) is 6.54 Å². The molecule has 104 valence electrons. The third-order valence-corrected chi connectivity index (χ3v) is 3.87. The van der Waals surface area contributed by atoms with Gasteiger partial charge in [0.25, 0.3) is 0 Å². The topological polar surface area (TPSA) is 40.5 Å². The molecule has 1 aromatic rings. The molecule has 3 nitrogen and oxygen atoms in total. The Morgan fingerprint density at radius 2 is 2.21 bits per heavy atom. The molecular formula is C16H23NO2. The minimum Gasteiger partial charge on any atom is -0.480 e. The molecule has 0 saturated carbocycles. The molecule has 0 fully saturated rings. The van der Waals surface area contributed by atoms with E-state index >= 15 is 0 Å². The van der Waals surface area contributed by atoms with Gasteiger partial charge in [0.05, 0.1) is 6.54 Å². The second kappa shape index (κ2) is 6.71. The van der Waals surface area contributed by atoms with Crippen LogP contribution in [0.1, 0.15) is 43.2 Å². The number of carboxylic acid groups (broad SMARTS) is 1. The van der Waals surface area contributed by atoms with Gasteiger partial charge in [0, 0.05) is 6.54 Å². The molecule has 1 atom stereocenters. The average molecular weight is 261 g/mol. The average Bonchev–Trinajstić information content (AvgIpc) is 2.39. The number of carbonyl (C=O) groups is 1. The number of aryl methyl sites for hydroxylation is 1. The van der Waals surface area contributed by atoms with Gasteiger partial charge in [0.2, 0.25) is 0 Å². The van der Waals surface area contributed by atoms with E-state index in [4.69, 9.17) is 5.11 Å². The van der Waals surface area contributed by atoms with Gasteiger partial charge >= 0.3 is 5.97 Å². The third-order valence-electron chi connectivity index (χ3n) is 3.87. The number of hydrogen-bond acceptors (Lipinski definition) is 2. The number of fused-ring (bicyclic) bond motifs is 1. The van der Waals surface area contributed by atoms with Crippen molar-refractivity contribution in [2.45, 2.75) is 38.5 Å². The molecule has 0 aliphatic heterocycles. The fourth-order valence-electron chi connectivity index (χ4n) is 3.10. The number of rotatable bonds is 6. The Bertz CT molecular complexity index is 431. The first-order valence-corrected chi connectivity index (χ1v) is 7.22. The molecular weight excluding hydrogens is 238 g/mol. The minimum atomic E-state index is -0.724. The highest BCUT2D eigenvalue weighted by Gasteiger charge is 2.22. The maximum absolute atomic E-state index is 10.9. The lowest BCUT2D eigenvalue weighted by Crippen LogP contribution is -2.35. The van der Waals surface area contributed by atoms with Crippen LogP contribution in [0.15, 0.2) is 24.3 Å². The smallest absolute Gasteiger partial charge is 0.317 e. The van der Waals surface area contributed by atoms with Crippen LogP contribution in [0.4, 0.5) is 0 Å². The molecule has 1 aliphatic carbocycles. The Hall–Kier alpha value is -1.35. The van der Waals surface area contributed by atoms with Crippen LogP contribution in [-0.4, -0.2) is 35.6 Å². The first kappa shape index (κ1) is 14.1. The van der Waals surface area contributed by atoms with Crippen molar-refractivity contribution in [1.82, 2.24) is 4.90 Å². The van der Waals surface area contributed by atoms with Gasteiger partial charge in [-0.3, -0.25) is 9.69 Å². The lowest BCUT2D eigenvalue weighted by molar-refractivity contribution is -0.138. The zero-order valence-corrected chi connectivity index (χ0v) is 11.6. The van der Waals surface area contributed by atoms with E-state index < -0.39 is 5.97 Å². The van der Waals surface area contributed by atoms with Crippen LogP contribution < -0.4 is 0 Å². The number of carboxylic acids is 1. The van der Waals surface area contributed by atoms with Crippen LogP contribution >= 0.6 is 0 Å². The summed E-state index contributed by atoms with van der Waals surface area (Å²) in [7, 11) is 0. The summed E-state index contributed by atoms with van der Waals surface area (Å²) in [6.45, 7) is 4.00. The Morgan fingerprint density at radius 3 is 2.95 bits per heavy atom. The highest BCUT2D eigenvalue weighted by molar-refractivity contribution is 5.69. The Labute approximate surface area is 115 Å². The summed E-state index contributed by atoms with van der Waals surface area (Å²) in [5.74, 6) is -0.228. The molecule has 0 heterocycles. The fraction of sp³-hybridized carbons (Fsp3) is 0.562. The largest absolute Gasteiger partial charge is 0.480 e. The van der Waals surface area contributed by atoms with Crippen molar-refractivity contribution in [2.75, 3.05) is 19.6 Å². The van der Waals surface area contributed by atoms with Gasteiger partial charge in [-0.05, 0) is 49.3 Å². The molecule has 0 aromatic heterocycles. The van der Waals surface area contributed by atoms with E-state index in [1.54, 1.807) is 0 Å². The van der Waals surface area contributed by atoms with Crippen LogP contribution in [0, 0.1) is 0 Å². The van der Waals surface area contributed by atoms with Crippen molar-refractivity contribution in [2.24, 2.45) is 0 Å². The van der Waals surface area contributed by atoms with Gasteiger partial charge in [-0.2, -0.15) is 0 Å². The van der Waals surface area contributed by atoms with E-state index in [0.29, 0.717) is 5.92 Å². The van der Waals surface area contributed by atoms with Crippen molar-refractivity contribution in [3.8, 4) is 0 Å². The second-order valence-corrected chi connectivity index (χ2v) is 5.42. The maximum atomic E-state index is 10.9. The zero-order valence-electron chi connectivity index (χ0n) is 11.6. The Balaban J connectivity index is 2.07. The summed E-state index contributed by atoms with van der Waals surface area (Å²) in [4.78, 5) is 13.0. The van der Waals surface area contributed by atoms with Crippen molar-refractivity contribution in [3.05, 3.63) is 35.4 Å². The van der Waals surface area contributed by atoms with Crippen LogP contribution in [0.5, 0.6) is 0 Å². The monoisotopic (exact) mass is 261 g/mol. The first-order valence-electron chi connectivity index (χ1n) is 7.22. The summed E-state index contributed by atoms with van der Waals surface area (Å²) in [5.41, 5.74) is 2.88. The Kier molecular flexibility index (Phi) is 4.97. The molecule has 3 heteroatoms. The molecule has 0 bridgehead atoms. The van der Waals surface area contributed by atoms with Gasteiger partial charge in [-0.1, -0.05) is 31.2 Å². The van der Waals surface area contributed by atoms with Crippen molar-refractivity contribution in [3.63, 3.8) is 0 Å². The Morgan fingerprint density at radius 1 is 1.42 bits per heavy atom. The lowest BCUT2D eigenvalue weighted by Gasteiger charge is -2.30. The summed E-state index contributed by atoms with van der Waals surface area (Å²) in [6.07, 6.45) is 4.56. The van der Waals surface area contributed by atoms with Crippen LogP contribution in [0.25, 0.3) is 0 Å². The SMILES string of the molecule is CCCN(CC(=O)O)CC1CCCc2ccccc21. The van der Waals surface area contributed by atoms with Crippen molar-refractivity contribution < 1.29 is 9.90 Å². The quantitative estimate of drug-likeness (QED) is 0.856. The lowest BCUT2D eigenvalue weighted by atomic mass is 9.82. The molecule has 1 N–H and O–H groups in total. The van der Waals surface area contributed by atoms with Gasteiger partial charge in [0.15, 0.2) is 0 Å². The maximum Gasteiger partial charge on any atom is 0.317 e. The van der Waals surface area contributed by atoms with Gasteiger partial charge in [0.1, 0.15) is 0 Å². The van der Waals surface area contributed by atoms with E-state index in [2.05, 4.69) is 36.1 Å². The van der Waals surface area contributed by atoms with Crippen molar-refractivity contribution in [1.29, 1.82) is 0 Å². The number of aliphatic carboxylic acids is 1. The van der Waals surface area contributed by atoms with Gasteiger partial charge < -0.3 is 5.11 Å². The number of benzene rings is 1. The molecule has 2 rings (SSSR count). The standard InChI is InChI=1S/C16H23NO2/c1-2-10-17(12-16(18)19)11-14-8-5-7-13-6-3-4-9-15(13)14/h3-4,6,9,14H,2,5,7-8,10-12H2,1H3,(H,18,19). The van der Waals surface area contributed by atoms with Crippen LogP contribution in [-0.2, 0) is 11.2 Å². The van der Waals surface area contributed by atoms with E-state index in [9.17, 15) is 4.79 Å². The normalized spacial score (nSPS) is 18.3. The third kappa shape index (κ3) is 3.80. The minimum absolute atomic E-state index is 0.159. The molecule has 19 heavy (non-hydrogen) atoms. The summed E-state index contributed by atoms with van der Waals surface area (Å²) >= 11 is 0. The second-order valence-electron chi connectivity index (χ2n) is 5.42. The number of hydrogen-bond donors (Lipinski definition) is 1. The molecule has 0 radical (unpaired) electrons. The van der Waals surface area contributed by atoms with E-state index in [1.807, 2.05) is 0 Å². The highest BCUT2D eigenvalue weighted by atomic mass is 16.4. The zero-order chi connectivity index (χ0) is 13.7. The van der Waals surface area contributed by atoms with Crippen molar-refractivity contribution >= 4 is 5.97 Å². The summed E-state index contributed by atoms with van der Waals surface area (Å²) in [6, 6.07) is 8.62. The first-order chi connectivity index (χ1) is 9.20. The number of nitrogens with zero attached hydrogens (tertiary/aromatic N) is 1.